The SMILES string of the molecule is COc1c(I)cc(C=O)c(Cl)c1I. The molecule has 0 saturated heterocycles. The smallest absolute Gasteiger partial charge is 0.151 e. The highest BCUT2D eigenvalue weighted by atomic mass is 127. The van der Waals surface area contributed by atoms with Gasteiger partial charge in [-0.1, -0.05) is 11.6 Å². The Hall–Kier alpha value is 0.440. The number of benzene rings is 1. The molecule has 0 atom stereocenters. The first-order chi connectivity index (χ1) is 6.11. The molecule has 13 heavy (non-hydrogen) atoms. The highest BCUT2D eigenvalue weighted by Crippen LogP contribution is 2.34. The van der Waals surface area contributed by atoms with Crippen molar-refractivity contribution in [2.45, 2.75) is 0 Å². The van der Waals surface area contributed by atoms with Crippen molar-refractivity contribution >= 4 is 63.1 Å². The summed E-state index contributed by atoms with van der Waals surface area (Å²) >= 11 is 10.1. The molecule has 1 rings (SSSR count). The third-order valence-corrected chi connectivity index (χ3v) is 4.03. The molecule has 0 aromatic heterocycles. The number of hydrogen-bond donors (Lipinski definition) is 0. The number of rotatable bonds is 2. The highest BCUT2D eigenvalue weighted by molar-refractivity contribution is 14.1. The summed E-state index contributed by atoms with van der Waals surface area (Å²) in [5.41, 5.74) is 0.497. The van der Waals surface area contributed by atoms with Gasteiger partial charge in [0.25, 0.3) is 0 Å². The normalized spacial score (nSPS) is 9.85. The highest BCUT2D eigenvalue weighted by Gasteiger charge is 2.13. The van der Waals surface area contributed by atoms with E-state index in [1.54, 1.807) is 13.2 Å². The fourth-order valence-electron chi connectivity index (χ4n) is 0.870. The molecule has 5 heteroatoms. The minimum atomic E-state index is 0.452. The molecule has 0 amide bonds. The number of ether oxygens (including phenoxy) is 1. The number of carbonyl (C=O) groups is 1. The van der Waals surface area contributed by atoms with Gasteiger partial charge in [-0.2, -0.15) is 0 Å². The van der Waals surface area contributed by atoms with Crippen LogP contribution in [0.5, 0.6) is 5.75 Å². The molecule has 0 aliphatic heterocycles. The van der Waals surface area contributed by atoms with Gasteiger partial charge in [0.05, 0.1) is 19.3 Å². The van der Waals surface area contributed by atoms with Gasteiger partial charge < -0.3 is 4.74 Å². The molecule has 70 valence electrons. The zero-order valence-corrected chi connectivity index (χ0v) is 11.7. The summed E-state index contributed by atoms with van der Waals surface area (Å²) in [5.74, 6) is 0.719. The van der Waals surface area contributed by atoms with Gasteiger partial charge in [-0.3, -0.25) is 4.79 Å². The van der Waals surface area contributed by atoms with E-state index in [-0.39, 0.29) is 0 Å². The van der Waals surface area contributed by atoms with E-state index in [1.165, 1.54) is 0 Å². The zero-order valence-electron chi connectivity index (χ0n) is 6.61. The Labute approximate surface area is 108 Å². The number of halogens is 3. The molecule has 0 heterocycles. The van der Waals surface area contributed by atoms with E-state index in [4.69, 9.17) is 16.3 Å². The van der Waals surface area contributed by atoms with Gasteiger partial charge >= 0.3 is 0 Å². The lowest BCUT2D eigenvalue weighted by Gasteiger charge is -2.08. The number of carbonyl (C=O) groups excluding carboxylic acids is 1. The second kappa shape index (κ2) is 4.79. The van der Waals surface area contributed by atoms with E-state index in [2.05, 4.69) is 45.2 Å². The van der Waals surface area contributed by atoms with E-state index >= 15 is 0 Å². The topological polar surface area (TPSA) is 26.3 Å². The molecule has 0 aliphatic carbocycles. The molecule has 0 spiro atoms. The summed E-state index contributed by atoms with van der Waals surface area (Å²) in [6.07, 6.45) is 0.742. The molecule has 0 fully saturated rings. The summed E-state index contributed by atoms with van der Waals surface area (Å²) < 4.78 is 6.80. The van der Waals surface area contributed by atoms with Crippen LogP contribution in [0.1, 0.15) is 10.4 Å². The Morgan fingerprint density at radius 2 is 2.15 bits per heavy atom. The maximum absolute atomic E-state index is 10.6. The summed E-state index contributed by atoms with van der Waals surface area (Å²) in [4.78, 5) is 10.6. The molecule has 0 bridgehead atoms. The van der Waals surface area contributed by atoms with Crippen LogP contribution in [0.2, 0.25) is 5.02 Å². The van der Waals surface area contributed by atoms with E-state index < -0.39 is 0 Å². The average molecular weight is 422 g/mol. The molecule has 0 radical (unpaired) electrons. The van der Waals surface area contributed by atoms with Crippen LogP contribution >= 0.6 is 56.8 Å². The van der Waals surface area contributed by atoms with Crippen LogP contribution in [0.25, 0.3) is 0 Å². The van der Waals surface area contributed by atoms with Gasteiger partial charge in [-0.25, -0.2) is 0 Å². The second-order valence-corrected chi connectivity index (χ2v) is 4.85. The van der Waals surface area contributed by atoms with Gasteiger partial charge in [-0.05, 0) is 51.2 Å². The molecule has 0 saturated carbocycles. The van der Waals surface area contributed by atoms with Crippen molar-refractivity contribution in [3.05, 3.63) is 23.8 Å². The number of hydrogen-bond acceptors (Lipinski definition) is 2. The summed E-state index contributed by atoms with van der Waals surface area (Å²) in [7, 11) is 1.58. The van der Waals surface area contributed by atoms with E-state index in [9.17, 15) is 4.79 Å². The summed E-state index contributed by atoms with van der Waals surface area (Å²) in [6.45, 7) is 0. The van der Waals surface area contributed by atoms with Crippen molar-refractivity contribution in [2.75, 3.05) is 7.11 Å². The zero-order chi connectivity index (χ0) is 10.0. The Morgan fingerprint density at radius 3 is 2.62 bits per heavy atom. The van der Waals surface area contributed by atoms with Gasteiger partial charge in [-0.15, -0.1) is 0 Å². The first kappa shape index (κ1) is 11.5. The van der Waals surface area contributed by atoms with Crippen LogP contribution in [-0.2, 0) is 0 Å². The summed E-state index contributed by atoms with van der Waals surface area (Å²) in [5, 5.41) is 0.452. The predicted octanol–water partition coefficient (Wildman–Crippen LogP) is 3.37. The lowest BCUT2D eigenvalue weighted by molar-refractivity contribution is 0.112. The second-order valence-electron chi connectivity index (χ2n) is 2.23. The van der Waals surface area contributed by atoms with E-state index in [0.29, 0.717) is 10.6 Å². The van der Waals surface area contributed by atoms with Crippen molar-refractivity contribution in [1.82, 2.24) is 0 Å². The number of methoxy groups -OCH3 is 1. The lowest BCUT2D eigenvalue weighted by Crippen LogP contribution is -1.95. The van der Waals surface area contributed by atoms with Gasteiger partial charge in [0, 0.05) is 5.56 Å². The van der Waals surface area contributed by atoms with E-state index in [1.807, 2.05) is 0 Å². The third-order valence-electron chi connectivity index (χ3n) is 1.48. The standard InChI is InChI=1S/C8H5ClI2O2/c1-13-8-5(10)2-4(3-12)6(9)7(8)11/h2-3H,1H3. The third kappa shape index (κ3) is 2.27. The monoisotopic (exact) mass is 422 g/mol. The Bertz CT molecular complexity index is 352. The minimum Gasteiger partial charge on any atom is -0.494 e. The molecule has 0 N–H and O–H groups in total. The number of aldehydes is 1. The van der Waals surface area contributed by atoms with Crippen molar-refractivity contribution in [2.24, 2.45) is 0 Å². The van der Waals surface area contributed by atoms with E-state index in [0.717, 1.165) is 19.2 Å². The molecule has 0 aliphatic rings. The van der Waals surface area contributed by atoms with Crippen LogP contribution in [0.4, 0.5) is 0 Å². The van der Waals surface area contributed by atoms with Crippen molar-refractivity contribution < 1.29 is 9.53 Å². The van der Waals surface area contributed by atoms with Crippen LogP contribution in [0, 0.1) is 7.14 Å². The maximum Gasteiger partial charge on any atom is 0.151 e. The first-order valence-electron chi connectivity index (χ1n) is 3.28. The molecular weight excluding hydrogens is 417 g/mol. The van der Waals surface area contributed by atoms with Crippen molar-refractivity contribution in [3.63, 3.8) is 0 Å². The van der Waals surface area contributed by atoms with Crippen molar-refractivity contribution in [3.8, 4) is 5.75 Å². The minimum absolute atomic E-state index is 0.452. The van der Waals surface area contributed by atoms with Crippen LogP contribution in [0.15, 0.2) is 6.07 Å². The molecule has 1 aromatic rings. The Balaban J connectivity index is 3.45. The molecular formula is C8H5ClI2O2. The largest absolute Gasteiger partial charge is 0.494 e. The fourth-order valence-corrected chi connectivity index (χ4v) is 3.22. The maximum atomic E-state index is 10.6. The lowest BCUT2D eigenvalue weighted by atomic mass is 10.2. The molecule has 1 aromatic carbocycles. The van der Waals surface area contributed by atoms with Gasteiger partial charge in [0.1, 0.15) is 5.75 Å². The van der Waals surface area contributed by atoms with Crippen LogP contribution in [0.3, 0.4) is 0 Å². The van der Waals surface area contributed by atoms with Gasteiger partial charge in [0.2, 0.25) is 0 Å². The Morgan fingerprint density at radius 1 is 1.54 bits per heavy atom. The molecule has 0 unspecified atom stereocenters. The Kier molecular flexibility index (Phi) is 4.24. The van der Waals surface area contributed by atoms with Gasteiger partial charge in [0.15, 0.2) is 6.29 Å². The van der Waals surface area contributed by atoms with Crippen LogP contribution in [-0.4, -0.2) is 13.4 Å². The fraction of sp³-hybridized carbons (Fsp3) is 0.125. The first-order valence-corrected chi connectivity index (χ1v) is 5.82. The average Bonchev–Trinajstić information content (AvgIpc) is 2.12. The van der Waals surface area contributed by atoms with Crippen molar-refractivity contribution in [1.29, 1.82) is 0 Å². The quantitative estimate of drug-likeness (QED) is 0.415. The van der Waals surface area contributed by atoms with Crippen LogP contribution < -0.4 is 4.74 Å². The summed E-state index contributed by atoms with van der Waals surface area (Å²) in [6, 6.07) is 1.71. The predicted molar refractivity (Wildman–Crippen MR) is 68.8 cm³/mol. The molecule has 2 nitrogen and oxygen atoms in total.